The molecule has 0 radical (unpaired) electrons. The number of hydrogen-bond donors (Lipinski definition) is 3. The molecule has 0 bridgehead atoms. The predicted molar refractivity (Wildman–Crippen MR) is 152 cm³/mol. The molecule has 2 aromatic heterocycles. The van der Waals surface area contributed by atoms with Crippen molar-refractivity contribution in [3.63, 3.8) is 0 Å². The molecule has 3 atom stereocenters. The molecule has 36 heavy (non-hydrogen) atoms. The van der Waals surface area contributed by atoms with E-state index in [1.165, 1.54) is 44.2 Å². The van der Waals surface area contributed by atoms with E-state index in [9.17, 15) is 0 Å². The molecular formula is C32H40N4. The fraction of sp³-hybridized carbons (Fsp3) is 0.438. The van der Waals surface area contributed by atoms with Crippen molar-refractivity contribution >= 4 is 21.8 Å². The van der Waals surface area contributed by atoms with E-state index < -0.39 is 0 Å². The minimum absolute atomic E-state index is 0.201. The summed E-state index contributed by atoms with van der Waals surface area (Å²) >= 11 is 0. The van der Waals surface area contributed by atoms with E-state index in [-0.39, 0.29) is 11.5 Å². The summed E-state index contributed by atoms with van der Waals surface area (Å²) in [5.74, 6) is 0.942. The van der Waals surface area contributed by atoms with E-state index in [0.717, 1.165) is 32.4 Å². The maximum Gasteiger partial charge on any atom is 0.0783 e. The average Bonchev–Trinajstić information content (AvgIpc) is 3.49. The van der Waals surface area contributed by atoms with Crippen LogP contribution in [-0.4, -0.2) is 36.7 Å². The maximum atomic E-state index is 3.97. The molecule has 1 aliphatic heterocycles. The Morgan fingerprint density at radius 1 is 0.917 bits per heavy atom. The van der Waals surface area contributed by atoms with E-state index in [1.54, 1.807) is 5.69 Å². The molecule has 188 valence electrons. The number of nitrogens with one attached hydrogen (secondary N) is 3. The van der Waals surface area contributed by atoms with E-state index in [4.69, 9.17) is 0 Å². The van der Waals surface area contributed by atoms with Crippen LogP contribution in [0.15, 0.2) is 60.2 Å². The second-order valence-corrected chi connectivity index (χ2v) is 11.7. The van der Waals surface area contributed by atoms with E-state index >= 15 is 0 Å². The minimum Gasteiger partial charge on any atom is -0.356 e. The standard InChI is InChI=1S/C32H40N4/c1-20-18-25-28(32(2,3)19-20)31(29-23(14-16-33-4)21-10-6-8-12-26(21)35-29)36-27-13-9-7-11-22(27)24(30(25)36)15-17-34-5/h6-13,18,25,28,31,33-35H,14-17,19H2,1-5H3/t25-,28+,31+/m0/s1. The summed E-state index contributed by atoms with van der Waals surface area (Å²) in [6, 6.07) is 18.3. The fourth-order valence-corrected chi connectivity index (χ4v) is 7.65. The lowest BCUT2D eigenvalue weighted by Gasteiger charge is -2.42. The zero-order valence-corrected chi connectivity index (χ0v) is 22.4. The highest BCUT2D eigenvalue weighted by Crippen LogP contribution is 2.61. The normalized spacial score (nSPS) is 22.7. The Bertz CT molecular complexity index is 1450. The molecule has 3 N–H and O–H groups in total. The SMILES string of the molecule is CNCCc1c([C@H]2[C@H]3[C@H](C=C(C)CC3(C)C)c3c(CCNC)c4ccccc4n32)[nH]c2ccccc12. The number of aromatic amines is 1. The van der Waals surface area contributed by atoms with Crippen LogP contribution in [0.25, 0.3) is 21.8 Å². The molecule has 4 nitrogen and oxygen atoms in total. The molecule has 1 aliphatic carbocycles. The summed E-state index contributed by atoms with van der Waals surface area (Å²) in [7, 11) is 4.12. The van der Waals surface area contributed by atoms with Crippen LogP contribution in [0.1, 0.15) is 61.7 Å². The third-order valence-corrected chi connectivity index (χ3v) is 8.87. The number of rotatable bonds is 7. The number of allylic oxidation sites excluding steroid dienone is 2. The van der Waals surface area contributed by atoms with Gasteiger partial charge in [-0.3, -0.25) is 0 Å². The third kappa shape index (κ3) is 3.49. The lowest BCUT2D eigenvalue weighted by atomic mass is 9.62. The second-order valence-electron chi connectivity index (χ2n) is 11.7. The van der Waals surface area contributed by atoms with Gasteiger partial charge in [0, 0.05) is 45.0 Å². The summed E-state index contributed by atoms with van der Waals surface area (Å²) in [6.45, 7) is 9.32. The van der Waals surface area contributed by atoms with Gasteiger partial charge in [-0.25, -0.2) is 0 Å². The molecule has 0 saturated heterocycles. The molecule has 0 unspecified atom stereocenters. The molecule has 0 saturated carbocycles. The molecule has 3 heterocycles. The van der Waals surface area contributed by atoms with Crippen LogP contribution < -0.4 is 10.6 Å². The summed E-state index contributed by atoms with van der Waals surface area (Å²) in [5, 5.41) is 9.62. The van der Waals surface area contributed by atoms with Gasteiger partial charge in [0.05, 0.1) is 6.04 Å². The van der Waals surface area contributed by atoms with Gasteiger partial charge >= 0.3 is 0 Å². The third-order valence-electron chi connectivity index (χ3n) is 8.87. The Kier molecular flexibility index (Phi) is 5.85. The van der Waals surface area contributed by atoms with Crippen molar-refractivity contribution in [2.24, 2.45) is 11.3 Å². The number of hydrogen-bond acceptors (Lipinski definition) is 2. The van der Waals surface area contributed by atoms with Crippen molar-refractivity contribution in [2.75, 3.05) is 27.2 Å². The number of H-pyrrole nitrogens is 1. The predicted octanol–water partition coefficient (Wildman–Crippen LogP) is 6.33. The van der Waals surface area contributed by atoms with Crippen molar-refractivity contribution in [2.45, 2.75) is 52.0 Å². The molecule has 0 amide bonds. The van der Waals surface area contributed by atoms with Gasteiger partial charge in [-0.1, -0.05) is 61.9 Å². The van der Waals surface area contributed by atoms with Crippen LogP contribution >= 0.6 is 0 Å². The zero-order valence-electron chi connectivity index (χ0n) is 22.4. The number of para-hydroxylation sites is 2. The van der Waals surface area contributed by atoms with Gasteiger partial charge in [0.2, 0.25) is 0 Å². The van der Waals surface area contributed by atoms with E-state index in [2.05, 4.69) is 110 Å². The molecule has 0 spiro atoms. The van der Waals surface area contributed by atoms with Crippen molar-refractivity contribution in [3.8, 4) is 0 Å². The van der Waals surface area contributed by atoms with E-state index in [1.807, 2.05) is 0 Å². The van der Waals surface area contributed by atoms with Crippen LogP contribution in [0, 0.1) is 11.3 Å². The number of benzene rings is 2. The Morgan fingerprint density at radius 2 is 1.58 bits per heavy atom. The molecular weight excluding hydrogens is 440 g/mol. The molecule has 2 aliphatic rings. The number of aromatic nitrogens is 2. The molecule has 4 aromatic rings. The number of nitrogens with zero attached hydrogens (tertiary/aromatic N) is 1. The Hall–Kier alpha value is -2.82. The van der Waals surface area contributed by atoms with Gasteiger partial charge < -0.3 is 20.2 Å². The second kappa shape index (κ2) is 8.93. The van der Waals surface area contributed by atoms with Crippen molar-refractivity contribution in [1.29, 1.82) is 0 Å². The van der Waals surface area contributed by atoms with Crippen molar-refractivity contribution in [3.05, 3.63) is 82.7 Å². The van der Waals surface area contributed by atoms with Gasteiger partial charge in [0.15, 0.2) is 0 Å². The van der Waals surface area contributed by atoms with Crippen molar-refractivity contribution < 1.29 is 0 Å². The maximum absolute atomic E-state index is 3.97. The molecule has 4 heteroatoms. The first-order chi connectivity index (χ1) is 17.5. The molecule has 0 fully saturated rings. The lowest BCUT2D eigenvalue weighted by molar-refractivity contribution is 0.158. The van der Waals surface area contributed by atoms with Crippen molar-refractivity contribution in [1.82, 2.24) is 20.2 Å². The number of likely N-dealkylation sites (N-methyl/N-ethyl adjacent to an activating group) is 2. The highest BCUT2D eigenvalue weighted by molar-refractivity contribution is 5.88. The van der Waals surface area contributed by atoms with Crippen LogP contribution in [-0.2, 0) is 12.8 Å². The van der Waals surface area contributed by atoms with Crippen LogP contribution in [0.2, 0.25) is 0 Å². The largest absolute Gasteiger partial charge is 0.356 e. The summed E-state index contributed by atoms with van der Waals surface area (Å²) < 4.78 is 2.75. The first kappa shape index (κ1) is 23.6. The summed E-state index contributed by atoms with van der Waals surface area (Å²) in [6.07, 6.45) is 5.85. The monoisotopic (exact) mass is 480 g/mol. The quantitative estimate of drug-likeness (QED) is 0.271. The highest BCUT2D eigenvalue weighted by atomic mass is 15.1. The van der Waals surface area contributed by atoms with Gasteiger partial charge in [0.25, 0.3) is 0 Å². The Balaban J connectivity index is 1.67. The topological polar surface area (TPSA) is 44.8 Å². The Labute approximate surface area is 215 Å². The zero-order chi connectivity index (χ0) is 25.0. The highest BCUT2D eigenvalue weighted by Gasteiger charge is 2.52. The van der Waals surface area contributed by atoms with Gasteiger partial charge in [-0.2, -0.15) is 0 Å². The molecule has 6 rings (SSSR count). The van der Waals surface area contributed by atoms with Gasteiger partial charge in [0.1, 0.15) is 0 Å². The smallest absolute Gasteiger partial charge is 0.0783 e. The summed E-state index contributed by atoms with van der Waals surface area (Å²) in [4.78, 5) is 3.97. The summed E-state index contributed by atoms with van der Waals surface area (Å²) in [5.41, 5.74) is 10.4. The van der Waals surface area contributed by atoms with Crippen LogP contribution in [0.4, 0.5) is 0 Å². The van der Waals surface area contributed by atoms with Crippen LogP contribution in [0.5, 0.6) is 0 Å². The van der Waals surface area contributed by atoms with Crippen LogP contribution in [0.3, 0.4) is 0 Å². The first-order valence-corrected chi connectivity index (χ1v) is 13.6. The molecule has 2 aromatic carbocycles. The lowest BCUT2D eigenvalue weighted by Crippen LogP contribution is -2.35. The van der Waals surface area contributed by atoms with Gasteiger partial charge in [-0.15, -0.1) is 0 Å². The Morgan fingerprint density at radius 3 is 2.33 bits per heavy atom. The average molecular weight is 481 g/mol. The fourth-order valence-electron chi connectivity index (χ4n) is 7.65. The van der Waals surface area contributed by atoms with E-state index in [0.29, 0.717) is 11.8 Å². The number of fused-ring (bicyclic) bond motifs is 6. The first-order valence-electron chi connectivity index (χ1n) is 13.6. The van der Waals surface area contributed by atoms with Gasteiger partial charge in [-0.05, 0) is 82.0 Å². The minimum atomic E-state index is 0.201.